The first-order valence-electron chi connectivity index (χ1n) is 13.9. The van der Waals surface area contributed by atoms with Crippen LogP contribution in [0, 0.1) is 22.7 Å². The van der Waals surface area contributed by atoms with Crippen molar-refractivity contribution in [3.8, 4) is 0 Å². The van der Waals surface area contributed by atoms with E-state index < -0.39 is 51.1 Å². The number of hydrogen-bond acceptors (Lipinski definition) is 6. The highest BCUT2D eigenvalue weighted by molar-refractivity contribution is 6.41. The summed E-state index contributed by atoms with van der Waals surface area (Å²) in [7, 11) is 0. The van der Waals surface area contributed by atoms with E-state index in [9.17, 15) is 29.7 Å². The Balaban J connectivity index is 2.04. The lowest BCUT2D eigenvalue weighted by Crippen LogP contribution is -2.65. The molecule has 210 valence electrons. The Morgan fingerprint density at radius 3 is 1.97 bits per heavy atom. The zero-order valence-corrected chi connectivity index (χ0v) is 24.0. The van der Waals surface area contributed by atoms with Crippen LogP contribution >= 0.6 is 0 Å². The van der Waals surface area contributed by atoms with Gasteiger partial charge in [0.05, 0.1) is 16.6 Å². The molecule has 6 nitrogen and oxygen atoms in total. The van der Waals surface area contributed by atoms with Gasteiger partial charge in [0.25, 0.3) is 0 Å². The molecule has 3 aliphatic carbocycles. The Morgan fingerprint density at radius 1 is 0.872 bits per heavy atom. The zero-order chi connectivity index (χ0) is 29.0. The molecular weight excluding hydrogens is 492 g/mol. The molecule has 0 bridgehead atoms. The van der Waals surface area contributed by atoms with Gasteiger partial charge in [-0.2, -0.15) is 0 Å². The fourth-order valence-electron chi connectivity index (χ4n) is 7.32. The van der Waals surface area contributed by atoms with Gasteiger partial charge in [0.1, 0.15) is 16.7 Å². The number of Topliss-reactive ketones (excluding diaryl/α,β-unsaturated/α-hetero) is 3. The molecule has 1 aromatic carbocycles. The molecule has 5 atom stereocenters. The molecule has 0 radical (unpaired) electrons. The van der Waals surface area contributed by atoms with Crippen molar-refractivity contribution in [2.24, 2.45) is 22.7 Å². The summed E-state index contributed by atoms with van der Waals surface area (Å²) in [5, 5.41) is 34.5. The van der Waals surface area contributed by atoms with E-state index in [2.05, 4.69) is 0 Å². The van der Waals surface area contributed by atoms with Crippen LogP contribution in [0.5, 0.6) is 0 Å². The van der Waals surface area contributed by atoms with Crippen molar-refractivity contribution >= 4 is 23.1 Å². The van der Waals surface area contributed by atoms with Crippen molar-refractivity contribution in [1.29, 1.82) is 0 Å². The van der Waals surface area contributed by atoms with Crippen LogP contribution in [-0.4, -0.2) is 43.9 Å². The SMILES string of the molecule is CC(C)=CCC1(CC=C(C)C)C(=O)C(=C(O)c2ccccc2)C(=O)[C@@]2(C[C@@H]3[C@H](CC[C@]3(C)O)[C@@](C)(O)C2)C1=O. The molecule has 3 saturated carbocycles. The predicted molar refractivity (Wildman–Crippen MR) is 151 cm³/mol. The minimum Gasteiger partial charge on any atom is -0.506 e. The first-order valence-corrected chi connectivity index (χ1v) is 13.9. The minimum absolute atomic E-state index is 0.0305. The smallest absolute Gasteiger partial charge is 0.184 e. The second-order valence-electron chi connectivity index (χ2n) is 13.1. The first kappa shape index (κ1) is 29.2. The molecule has 0 heterocycles. The molecule has 6 heteroatoms. The van der Waals surface area contributed by atoms with E-state index in [0.29, 0.717) is 18.4 Å². The van der Waals surface area contributed by atoms with Gasteiger partial charge in [-0.3, -0.25) is 14.4 Å². The third kappa shape index (κ3) is 4.76. The van der Waals surface area contributed by atoms with Gasteiger partial charge in [0.2, 0.25) is 0 Å². The van der Waals surface area contributed by atoms with Gasteiger partial charge >= 0.3 is 0 Å². The van der Waals surface area contributed by atoms with Gasteiger partial charge in [0.15, 0.2) is 17.3 Å². The number of aliphatic hydroxyl groups is 3. The average molecular weight is 535 g/mol. The molecular formula is C33H42O6. The number of rotatable bonds is 5. The second kappa shape index (κ2) is 9.97. The Hall–Kier alpha value is -2.83. The molecule has 0 aromatic heterocycles. The lowest BCUT2D eigenvalue weighted by molar-refractivity contribution is -0.175. The molecule has 0 aliphatic heterocycles. The number of aliphatic hydroxyl groups excluding tert-OH is 1. The Morgan fingerprint density at radius 2 is 1.44 bits per heavy atom. The van der Waals surface area contributed by atoms with E-state index in [4.69, 9.17) is 0 Å². The largest absolute Gasteiger partial charge is 0.506 e. The maximum absolute atomic E-state index is 14.9. The van der Waals surface area contributed by atoms with Gasteiger partial charge in [-0.1, -0.05) is 53.6 Å². The van der Waals surface area contributed by atoms with E-state index in [-0.39, 0.29) is 37.2 Å². The summed E-state index contributed by atoms with van der Waals surface area (Å²) in [6.07, 6.45) is 4.74. The fourth-order valence-corrected chi connectivity index (χ4v) is 7.32. The molecule has 3 fully saturated rings. The third-order valence-electron chi connectivity index (χ3n) is 9.47. The summed E-state index contributed by atoms with van der Waals surface area (Å²) in [6.45, 7) is 10.9. The lowest BCUT2D eigenvalue weighted by Gasteiger charge is -2.54. The van der Waals surface area contributed by atoms with Crippen molar-refractivity contribution in [1.82, 2.24) is 0 Å². The normalized spacial score (nSPS) is 35.0. The molecule has 39 heavy (non-hydrogen) atoms. The molecule has 3 aliphatic rings. The molecule has 0 unspecified atom stereocenters. The third-order valence-corrected chi connectivity index (χ3v) is 9.47. The summed E-state index contributed by atoms with van der Waals surface area (Å²) in [5.41, 5.74) is -4.19. The number of carbonyl (C=O) groups excluding carboxylic acids is 3. The first-order chi connectivity index (χ1) is 18.1. The summed E-state index contributed by atoms with van der Waals surface area (Å²) in [5.74, 6) is -3.17. The Kier molecular flexibility index (Phi) is 7.46. The summed E-state index contributed by atoms with van der Waals surface area (Å²) in [4.78, 5) is 43.8. The van der Waals surface area contributed by atoms with E-state index >= 15 is 0 Å². The number of ketones is 3. The molecule has 1 aromatic rings. The molecule has 0 amide bonds. The van der Waals surface area contributed by atoms with Crippen LogP contribution in [0.15, 0.2) is 59.2 Å². The summed E-state index contributed by atoms with van der Waals surface area (Å²) < 4.78 is 0. The van der Waals surface area contributed by atoms with Crippen LogP contribution in [0.3, 0.4) is 0 Å². The highest BCUT2D eigenvalue weighted by atomic mass is 16.3. The number of fused-ring (bicyclic) bond motifs is 1. The van der Waals surface area contributed by atoms with E-state index in [0.717, 1.165) is 11.1 Å². The maximum atomic E-state index is 14.9. The van der Waals surface area contributed by atoms with Crippen molar-refractivity contribution in [3.05, 3.63) is 64.8 Å². The van der Waals surface area contributed by atoms with Crippen molar-refractivity contribution in [3.63, 3.8) is 0 Å². The average Bonchev–Trinajstić information content (AvgIpc) is 3.17. The lowest BCUT2D eigenvalue weighted by atomic mass is 9.47. The van der Waals surface area contributed by atoms with E-state index in [1.54, 1.807) is 44.2 Å². The van der Waals surface area contributed by atoms with Gasteiger partial charge in [-0.05, 0) is 91.9 Å². The van der Waals surface area contributed by atoms with Crippen LogP contribution in [0.2, 0.25) is 0 Å². The van der Waals surface area contributed by atoms with Crippen LogP contribution in [0.25, 0.3) is 5.76 Å². The van der Waals surface area contributed by atoms with Crippen molar-refractivity contribution in [2.75, 3.05) is 0 Å². The van der Waals surface area contributed by atoms with E-state index in [1.165, 1.54) is 0 Å². The standard InChI is InChI=1S/C33H42O6/c1-20(2)12-16-32(17-13-21(3)4)27(35)25(26(34)22-10-8-7-9-11-22)28(36)33(29(32)37)18-24-23(31(6,39)19-33)14-15-30(24,5)38/h7-13,23-24,34,38-39H,14-19H2,1-6H3/t23-,24+,30-,31-,33-/m0/s1. The monoisotopic (exact) mass is 534 g/mol. The molecule has 0 saturated heterocycles. The van der Waals surface area contributed by atoms with Crippen LogP contribution in [0.1, 0.15) is 85.6 Å². The number of hydrogen-bond donors (Lipinski definition) is 3. The fraction of sp³-hybridized carbons (Fsp3) is 0.545. The van der Waals surface area contributed by atoms with E-state index in [1.807, 2.05) is 39.8 Å². The minimum atomic E-state index is -1.75. The number of benzene rings is 1. The maximum Gasteiger partial charge on any atom is 0.184 e. The van der Waals surface area contributed by atoms with Gasteiger partial charge in [0, 0.05) is 5.56 Å². The number of carbonyl (C=O) groups is 3. The Bertz CT molecular complexity index is 1250. The van der Waals surface area contributed by atoms with Crippen molar-refractivity contribution < 1.29 is 29.7 Å². The van der Waals surface area contributed by atoms with Gasteiger partial charge in [-0.25, -0.2) is 0 Å². The van der Waals surface area contributed by atoms with Crippen LogP contribution in [0.4, 0.5) is 0 Å². The topological polar surface area (TPSA) is 112 Å². The van der Waals surface area contributed by atoms with Gasteiger partial charge < -0.3 is 15.3 Å². The van der Waals surface area contributed by atoms with Gasteiger partial charge in [-0.15, -0.1) is 0 Å². The molecule has 1 spiro atoms. The Labute approximate surface area is 231 Å². The molecule has 3 N–H and O–H groups in total. The highest BCUT2D eigenvalue weighted by Gasteiger charge is 2.70. The predicted octanol–water partition coefficient (Wildman–Crippen LogP) is 5.68. The van der Waals surface area contributed by atoms with Crippen LogP contribution in [-0.2, 0) is 14.4 Å². The zero-order valence-electron chi connectivity index (χ0n) is 24.0. The molecule has 4 rings (SSSR count). The summed E-state index contributed by atoms with van der Waals surface area (Å²) >= 11 is 0. The summed E-state index contributed by atoms with van der Waals surface area (Å²) in [6, 6.07) is 8.42. The van der Waals surface area contributed by atoms with Crippen LogP contribution < -0.4 is 0 Å². The quantitative estimate of drug-likeness (QED) is 0.147. The number of allylic oxidation sites excluding steroid dienone is 5. The van der Waals surface area contributed by atoms with Crippen molar-refractivity contribution in [2.45, 2.75) is 91.3 Å². The highest BCUT2D eigenvalue weighted by Crippen LogP contribution is 2.62. The second-order valence-corrected chi connectivity index (χ2v) is 13.1.